The van der Waals surface area contributed by atoms with Gasteiger partial charge < -0.3 is 15.2 Å². The van der Waals surface area contributed by atoms with Crippen LogP contribution in [0, 0.1) is 0 Å². The van der Waals surface area contributed by atoms with Crippen molar-refractivity contribution in [2.45, 2.75) is 19.0 Å². The molecule has 3 aliphatic rings. The van der Waals surface area contributed by atoms with Crippen LogP contribution in [0.25, 0.3) is 43.8 Å². The molecule has 3 heterocycles. The number of hydrogen-bond donors (Lipinski definition) is 2. The maximum absolute atomic E-state index is 5.14. The van der Waals surface area contributed by atoms with E-state index in [0.29, 0.717) is 6.54 Å². The summed E-state index contributed by atoms with van der Waals surface area (Å²) in [5, 5.41) is 12.4. The Morgan fingerprint density at radius 3 is 2.33 bits per heavy atom. The van der Waals surface area contributed by atoms with Gasteiger partial charge in [-0.05, 0) is 64.6 Å². The molecule has 0 fully saturated rings. The van der Waals surface area contributed by atoms with Crippen molar-refractivity contribution in [3.63, 3.8) is 0 Å². The first-order chi connectivity index (χ1) is 22.3. The van der Waals surface area contributed by atoms with Crippen LogP contribution in [-0.4, -0.2) is 22.8 Å². The van der Waals surface area contributed by atoms with Crippen molar-refractivity contribution in [3.05, 3.63) is 156 Å². The molecule has 0 saturated carbocycles. The zero-order valence-electron chi connectivity index (χ0n) is 24.7. The highest BCUT2D eigenvalue weighted by Gasteiger charge is 2.26. The fourth-order valence-corrected chi connectivity index (χ4v) is 7.05. The second-order valence-corrected chi connectivity index (χ2v) is 11.8. The minimum absolute atomic E-state index is 0.328. The molecule has 1 aromatic heterocycles. The number of fused-ring (bicyclic) bond motifs is 6. The van der Waals surface area contributed by atoms with Gasteiger partial charge >= 0.3 is 0 Å². The Labute approximate surface area is 261 Å². The molecule has 5 heteroatoms. The van der Waals surface area contributed by atoms with E-state index in [0.717, 1.165) is 41.3 Å². The van der Waals surface area contributed by atoms with Crippen LogP contribution < -0.4 is 10.6 Å². The molecule has 1 unspecified atom stereocenters. The number of aromatic nitrogens is 1. The molecular weight excluding hydrogens is 550 g/mol. The Hall–Kier alpha value is -5.68. The number of amidine groups is 2. The fraction of sp³-hybridized carbons (Fsp3) is 0.100. The van der Waals surface area contributed by atoms with Gasteiger partial charge in [0, 0.05) is 22.0 Å². The lowest BCUT2D eigenvalue weighted by Gasteiger charge is -2.28. The zero-order chi connectivity index (χ0) is 29.7. The van der Waals surface area contributed by atoms with Gasteiger partial charge in [-0.1, -0.05) is 109 Å². The van der Waals surface area contributed by atoms with E-state index in [1.54, 1.807) is 0 Å². The number of aliphatic imine (C=N–C) groups is 2. The lowest BCUT2D eigenvalue weighted by molar-refractivity contribution is 0.750. The second kappa shape index (κ2) is 10.5. The molecule has 0 saturated heterocycles. The van der Waals surface area contributed by atoms with Crippen molar-refractivity contribution < 1.29 is 0 Å². The summed E-state index contributed by atoms with van der Waals surface area (Å²) >= 11 is 0. The van der Waals surface area contributed by atoms with Crippen molar-refractivity contribution in [2.75, 3.05) is 6.54 Å². The Balaban J connectivity index is 1.13. The number of para-hydroxylation sites is 1. The highest BCUT2D eigenvalue weighted by atomic mass is 15.2. The maximum Gasteiger partial charge on any atom is 0.169 e. The van der Waals surface area contributed by atoms with Crippen molar-refractivity contribution in [2.24, 2.45) is 9.98 Å². The van der Waals surface area contributed by atoms with E-state index in [2.05, 4.69) is 143 Å². The molecule has 0 bridgehead atoms. The molecule has 216 valence electrons. The van der Waals surface area contributed by atoms with Crippen LogP contribution in [-0.2, 0) is 6.42 Å². The van der Waals surface area contributed by atoms with Gasteiger partial charge in [-0.3, -0.25) is 0 Å². The third kappa shape index (κ3) is 4.31. The quantitative estimate of drug-likeness (QED) is 0.220. The monoisotopic (exact) mass is 581 g/mol. The number of rotatable bonds is 4. The lowest BCUT2D eigenvalue weighted by atomic mass is 9.90. The Morgan fingerprint density at radius 2 is 1.44 bits per heavy atom. The Bertz CT molecular complexity index is 2300. The predicted molar refractivity (Wildman–Crippen MR) is 187 cm³/mol. The summed E-state index contributed by atoms with van der Waals surface area (Å²) in [4.78, 5) is 10.3. The molecular formula is C40H31N5. The Morgan fingerprint density at radius 1 is 0.667 bits per heavy atom. The van der Waals surface area contributed by atoms with E-state index in [4.69, 9.17) is 9.98 Å². The van der Waals surface area contributed by atoms with Gasteiger partial charge in [0.05, 0.1) is 23.3 Å². The van der Waals surface area contributed by atoms with Crippen LogP contribution in [0.15, 0.2) is 149 Å². The summed E-state index contributed by atoms with van der Waals surface area (Å²) < 4.78 is 2.40. The first kappa shape index (κ1) is 25.8. The average Bonchev–Trinajstić information content (AvgIpc) is 3.46. The molecule has 6 aromatic rings. The van der Waals surface area contributed by atoms with Crippen molar-refractivity contribution >= 4 is 55.5 Å². The van der Waals surface area contributed by atoms with E-state index < -0.39 is 0 Å². The van der Waals surface area contributed by atoms with E-state index >= 15 is 0 Å². The van der Waals surface area contributed by atoms with Crippen LogP contribution in [0.5, 0.6) is 0 Å². The Kier molecular flexibility index (Phi) is 6.01. The van der Waals surface area contributed by atoms with Crippen LogP contribution in [0.2, 0.25) is 0 Å². The highest BCUT2D eigenvalue weighted by Crippen LogP contribution is 2.37. The van der Waals surface area contributed by atoms with Crippen LogP contribution >= 0.6 is 0 Å². The van der Waals surface area contributed by atoms with Gasteiger partial charge in [0.2, 0.25) is 0 Å². The van der Waals surface area contributed by atoms with Gasteiger partial charge in [-0.2, -0.15) is 0 Å². The summed E-state index contributed by atoms with van der Waals surface area (Å²) in [6.07, 6.45) is 8.42. The molecule has 0 spiro atoms. The highest BCUT2D eigenvalue weighted by molar-refractivity contribution is 6.30. The molecule has 1 atom stereocenters. The third-order valence-electron chi connectivity index (χ3n) is 9.17. The van der Waals surface area contributed by atoms with Crippen molar-refractivity contribution in [3.8, 4) is 0 Å². The van der Waals surface area contributed by atoms with E-state index in [-0.39, 0.29) is 6.17 Å². The molecule has 5 nitrogen and oxygen atoms in total. The van der Waals surface area contributed by atoms with Crippen molar-refractivity contribution in [1.29, 1.82) is 0 Å². The minimum atomic E-state index is -0.328. The number of allylic oxidation sites excluding steroid dienone is 3. The number of nitrogens with zero attached hydrogens (tertiary/aromatic N) is 3. The second-order valence-electron chi connectivity index (χ2n) is 11.8. The number of dihydropyridines is 1. The summed E-state index contributed by atoms with van der Waals surface area (Å²) in [6, 6.07) is 40.9. The zero-order valence-corrected chi connectivity index (χ0v) is 24.7. The molecule has 1 aliphatic carbocycles. The SMILES string of the molecule is C1=C(C2=NC(c3ccccc3)N=C(C3=CCCc4ccccc43)N2)NCC(n2c3ccccc3c3c4ccccc4ccc32)=C1. The lowest BCUT2D eigenvalue weighted by Crippen LogP contribution is -2.41. The van der Waals surface area contributed by atoms with Gasteiger partial charge in [0.25, 0.3) is 0 Å². The minimum Gasteiger partial charge on any atom is -0.376 e. The van der Waals surface area contributed by atoms with Gasteiger partial charge in [0.1, 0.15) is 5.84 Å². The normalized spacial score (nSPS) is 17.9. The first-order valence-corrected chi connectivity index (χ1v) is 15.6. The van der Waals surface area contributed by atoms with Crippen LogP contribution in [0.4, 0.5) is 0 Å². The molecule has 2 aliphatic heterocycles. The molecule has 2 N–H and O–H groups in total. The number of nitrogens with one attached hydrogen (secondary N) is 2. The van der Waals surface area contributed by atoms with E-state index in [1.807, 2.05) is 6.07 Å². The summed E-state index contributed by atoms with van der Waals surface area (Å²) in [6.45, 7) is 0.668. The summed E-state index contributed by atoms with van der Waals surface area (Å²) in [7, 11) is 0. The number of hydrogen-bond acceptors (Lipinski definition) is 4. The third-order valence-corrected chi connectivity index (χ3v) is 9.17. The number of benzene rings is 5. The topological polar surface area (TPSA) is 53.7 Å². The van der Waals surface area contributed by atoms with Gasteiger partial charge in [-0.15, -0.1) is 0 Å². The predicted octanol–water partition coefficient (Wildman–Crippen LogP) is 8.40. The average molecular weight is 582 g/mol. The fourth-order valence-electron chi connectivity index (χ4n) is 7.05. The number of aryl methyl sites for hydroxylation is 1. The molecule has 5 aromatic carbocycles. The van der Waals surface area contributed by atoms with E-state index in [1.165, 1.54) is 49.4 Å². The largest absolute Gasteiger partial charge is 0.376 e. The van der Waals surface area contributed by atoms with Gasteiger partial charge in [0.15, 0.2) is 12.0 Å². The molecule has 9 rings (SSSR count). The van der Waals surface area contributed by atoms with Crippen LogP contribution in [0.1, 0.15) is 29.3 Å². The molecule has 45 heavy (non-hydrogen) atoms. The van der Waals surface area contributed by atoms with E-state index in [9.17, 15) is 0 Å². The maximum atomic E-state index is 5.14. The van der Waals surface area contributed by atoms with Crippen molar-refractivity contribution in [1.82, 2.24) is 15.2 Å². The molecule has 0 radical (unpaired) electrons. The van der Waals surface area contributed by atoms with Crippen LogP contribution in [0.3, 0.4) is 0 Å². The molecule has 0 amide bonds. The summed E-state index contributed by atoms with van der Waals surface area (Å²) in [5.41, 5.74) is 9.41. The smallest absolute Gasteiger partial charge is 0.169 e. The standard InChI is InChI=1S/C40H31N5/c1-2-13-28(14-3-1)38-42-39(32-19-10-15-26-11-4-6-16-30(26)32)44-40(43-38)34-23-22-29(25-41-34)45-35-20-9-8-18-33(35)37-31-17-7-5-12-27(31)21-24-36(37)45/h1-9,11-14,16-24,38,41H,10,15,25H2,(H,42,43,44). The first-order valence-electron chi connectivity index (χ1n) is 15.6. The van der Waals surface area contributed by atoms with Gasteiger partial charge in [-0.25, -0.2) is 9.98 Å². The summed E-state index contributed by atoms with van der Waals surface area (Å²) in [5.74, 6) is 1.68.